The van der Waals surface area contributed by atoms with E-state index in [1.807, 2.05) is 63.2 Å². The predicted molar refractivity (Wildman–Crippen MR) is 137 cm³/mol. The molecule has 168 valence electrons. The Morgan fingerprint density at radius 3 is 2.33 bits per heavy atom. The van der Waals surface area contributed by atoms with Crippen molar-refractivity contribution in [1.29, 1.82) is 0 Å². The zero-order chi connectivity index (χ0) is 23.9. The molecule has 0 unspecified atom stereocenters. The van der Waals surface area contributed by atoms with Crippen molar-refractivity contribution < 1.29 is 9.59 Å². The van der Waals surface area contributed by atoms with Crippen LogP contribution in [0, 0.1) is 13.8 Å². The van der Waals surface area contributed by atoms with E-state index < -0.39 is 11.8 Å². The van der Waals surface area contributed by atoms with Gasteiger partial charge in [-0.2, -0.15) is 0 Å². The average molecular weight is 479 g/mol. The normalized spacial score (nSPS) is 15.2. The Labute approximate surface area is 203 Å². The van der Waals surface area contributed by atoms with Gasteiger partial charge in [-0.1, -0.05) is 17.7 Å². The van der Waals surface area contributed by atoms with Gasteiger partial charge in [-0.15, -0.1) is 0 Å². The van der Waals surface area contributed by atoms with E-state index in [0.717, 1.165) is 28.3 Å². The summed E-state index contributed by atoms with van der Waals surface area (Å²) in [5, 5.41) is 3.10. The molecule has 2 aromatic carbocycles. The molecule has 1 fully saturated rings. The summed E-state index contributed by atoms with van der Waals surface area (Å²) in [5.41, 5.74) is 5.29. The third kappa shape index (κ3) is 4.29. The van der Waals surface area contributed by atoms with Crippen molar-refractivity contribution in [3.05, 3.63) is 82.1 Å². The third-order valence-electron chi connectivity index (χ3n) is 5.56. The number of hydrogen-bond donors (Lipinski definition) is 1. The summed E-state index contributed by atoms with van der Waals surface area (Å²) >= 11 is 11.4. The van der Waals surface area contributed by atoms with E-state index in [1.165, 1.54) is 4.90 Å². The SMILES string of the molecule is Cc1cc(/C=C2\C(=O)NC(=S)N(c3cccc(Cl)c3)C2=O)c(C)n1-c1ccc(N(C)C)cc1. The second-order valence-corrected chi connectivity index (χ2v) is 8.83. The molecule has 1 N–H and O–H groups in total. The first-order valence-corrected chi connectivity index (χ1v) is 11.1. The zero-order valence-electron chi connectivity index (χ0n) is 18.7. The van der Waals surface area contributed by atoms with Crippen molar-refractivity contribution in [3.63, 3.8) is 0 Å². The fourth-order valence-electron chi connectivity index (χ4n) is 3.89. The number of carbonyl (C=O) groups is 2. The first kappa shape index (κ1) is 22.8. The number of aryl methyl sites for hydroxylation is 1. The molecule has 0 radical (unpaired) electrons. The highest BCUT2D eigenvalue weighted by Crippen LogP contribution is 2.27. The number of benzene rings is 2. The maximum absolute atomic E-state index is 13.3. The zero-order valence-corrected chi connectivity index (χ0v) is 20.3. The molecular weight excluding hydrogens is 456 g/mol. The van der Waals surface area contributed by atoms with Crippen molar-refractivity contribution in [2.45, 2.75) is 13.8 Å². The van der Waals surface area contributed by atoms with Crippen molar-refractivity contribution >= 4 is 58.2 Å². The number of nitrogens with zero attached hydrogens (tertiary/aromatic N) is 3. The monoisotopic (exact) mass is 478 g/mol. The molecule has 6 nitrogen and oxygen atoms in total. The summed E-state index contributed by atoms with van der Waals surface area (Å²) in [7, 11) is 3.99. The molecule has 0 saturated carbocycles. The molecule has 1 saturated heterocycles. The van der Waals surface area contributed by atoms with Gasteiger partial charge in [0.05, 0.1) is 5.69 Å². The minimum absolute atomic E-state index is 0.00628. The van der Waals surface area contributed by atoms with Crippen LogP contribution in [-0.4, -0.2) is 35.6 Å². The van der Waals surface area contributed by atoms with E-state index in [4.69, 9.17) is 23.8 Å². The summed E-state index contributed by atoms with van der Waals surface area (Å²) in [4.78, 5) is 29.3. The van der Waals surface area contributed by atoms with Crippen LogP contribution in [0.1, 0.15) is 17.0 Å². The molecule has 33 heavy (non-hydrogen) atoms. The number of nitrogens with one attached hydrogen (secondary N) is 1. The minimum Gasteiger partial charge on any atom is -0.378 e. The lowest BCUT2D eigenvalue weighted by atomic mass is 10.1. The van der Waals surface area contributed by atoms with Gasteiger partial charge in [0.2, 0.25) is 0 Å². The molecule has 2 heterocycles. The molecule has 0 bridgehead atoms. The Morgan fingerprint density at radius 2 is 1.70 bits per heavy atom. The summed E-state index contributed by atoms with van der Waals surface area (Å²) in [5.74, 6) is -1.02. The van der Waals surface area contributed by atoms with Gasteiger partial charge >= 0.3 is 0 Å². The van der Waals surface area contributed by atoms with Crippen LogP contribution >= 0.6 is 23.8 Å². The van der Waals surface area contributed by atoms with E-state index in [-0.39, 0.29) is 10.7 Å². The van der Waals surface area contributed by atoms with Crippen molar-refractivity contribution in [2.75, 3.05) is 23.9 Å². The Hall–Kier alpha value is -3.42. The van der Waals surface area contributed by atoms with Crippen LogP contribution in [0.25, 0.3) is 11.8 Å². The molecule has 4 rings (SSSR count). The molecule has 0 spiro atoms. The first-order valence-electron chi connectivity index (χ1n) is 10.3. The van der Waals surface area contributed by atoms with Gasteiger partial charge in [-0.3, -0.25) is 19.8 Å². The summed E-state index contributed by atoms with van der Waals surface area (Å²) in [6.07, 6.45) is 1.62. The molecule has 8 heteroatoms. The van der Waals surface area contributed by atoms with Crippen molar-refractivity contribution in [3.8, 4) is 5.69 Å². The molecule has 1 aliphatic rings. The highest BCUT2D eigenvalue weighted by Gasteiger charge is 2.34. The lowest BCUT2D eigenvalue weighted by molar-refractivity contribution is -0.122. The fraction of sp³-hybridized carbons (Fsp3) is 0.160. The molecule has 0 atom stereocenters. The lowest BCUT2D eigenvalue weighted by Crippen LogP contribution is -2.54. The van der Waals surface area contributed by atoms with Crippen LogP contribution in [0.5, 0.6) is 0 Å². The number of amides is 2. The van der Waals surface area contributed by atoms with E-state index >= 15 is 0 Å². The highest BCUT2D eigenvalue weighted by atomic mass is 35.5. The van der Waals surface area contributed by atoms with Gasteiger partial charge in [-0.05, 0) is 86.2 Å². The topological polar surface area (TPSA) is 57.6 Å². The molecule has 1 aromatic heterocycles. The Kier molecular flexibility index (Phi) is 6.10. The number of hydrogen-bond acceptors (Lipinski definition) is 4. The van der Waals surface area contributed by atoms with Gasteiger partial charge in [0.1, 0.15) is 5.57 Å². The smallest absolute Gasteiger partial charge is 0.270 e. The predicted octanol–water partition coefficient (Wildman–Crippen LogP) is 4.64. The maximum Gasteiger partial charge on any atom is 0.270 e. The van der Waals surface area contributed by atoms with Crippen LogP contribution in [0.3, 0.4) is 0 Å². The molecular formula is C25H23ClN4O2S. The van der Waals surface area contributed by atoms with E-state index in [1.54, 1.807) is 30.3 Å². The van der Waals surface area contributed by atoms with E-state index in [2.05, 4.69) is 9.88 Å². The van der Waals surface area contributed by atoms with Crippen molar-refractivity contribution in [1.82, 2.24) is 9.88 Å². The van der Waals surface area contributed by atoms with Crippen LogP contribution < -0.4 is 15.1 Å². The van der Waals surface area contributed by atoms with Crippen molar-refractivity contribution in [2.24, 2.45) is 0 Å². The maximum atomic E-state index is 13.3. The first-order chi connectivity index (χ1) is 15.7. The standard InChI is InChI=1S/C25H23ClN4O2S/c1-15-12-17(16(2)29(15)20-10-8-19(9-11-20)28(3)4)13-22-23(31)27-25(33)30(24(22)32)21-7-5-6-18(26)14-21/h5-14H,1-4H3,(H,27,31,33)/b22-13+. The van der Waals surface area contributed by atoms with Gasteiger partial charge in [0.15, 0.2) is 5.11 Å². The van der Waals surface area contributed by atoms with Crippen LogP contribution in [0.2, 0.25) is 5.02 Å². The number of rotatable bonds is 4. The Bertz CT molecular complexity index is 1310. The Morgan fingerprint density at radius 1 is 1.00 bits per heavy atom. The molecule has 3 aromatic rings. The number of carbonyl (C=O) groups excluding carboxylic acids is 2. The number of halogens is 1. The number of aromatic nitrogens is 1. The average Bonchev–Trinajstić information content (AvgIpc) is 3.04. The third-order valence-corrected chi connectivity index (χ3v) is 6.08. The van der Waals surface area contributed by atoms with Crippen LogP contribution in [-0.2, 0) is 9.59 Å². The van der Waals surface area contributed by atoms with Crippen LogP contribution in [0.4, 0.5) is 11.4 Å². The summed E-state index contributed by atoms with van der Waals surface area (Å²) in [6, 6.07) is 16.9. The van der Waals surface area contributed by atoms with E-state index in [9.17, 15) is 9.59 Å². The van der Waals surface area contributed by atoms with Crippen LogP contribution in [0.15, 0.2) is 60.2 Å². The molecule has 2 amide bonds. The highest BCUT2D eigenvalue weighted by molar-refractivity contribution is 7.80. The molecule has 0 aliphatic carbocycles. The largest absolute Gasteiger partial charge is 0.378 e. The number of thiocarbonyl (C=S) groups is 1. The van der Waals surface area contributed by atoms with Gasteiger partial charge in [-0.25, -0.2) is 0 Å². The minimum atomic E-state index is -0.525. The second kappa shape index (κ2) is 8.84. The van der Waals surface area contributed by atoms with Gasteiger partial charge < -0.3 is 9.47 Å². The Balaban J connectivity index is 1.73. The number of anilines is 2. The summed E-state index contributed by atoms with van der Waals surface area (Å²) < 4.78 is 2.09. The molecule has 1 aliphatic heterocycles. The fourth-order valence-corrected chi connectivity index (χ4v) is 4.36. The van der Waals surface area contributed by atoms with Gasteiger partial charge in [0, 0.05) is 41.9 Å². The van der Waals surface area contributed by atoms with Gasteiger partial charge in [0.25, 0.3) is 11.8 Å². The quantitative estimate of drug-likeness (QED) is 0.337. The lowest BCUT2D eigenvalue weighted by Gasteiger charge is -2.29. The summed E-state index contributed by atoms with van der Waals surface area (Å²) in [6.45, 7) is 3.95. The van der Waals surface area contributed by atoms with E-state index in [0.29, 0.717) is 10.7 Å². The second-order valence-electron chi connectivity index (χ2n) is 8.01.